The van der Waals surface area contributed by atoms with E-state index in [9.17, 15) is 14.9 Å². The number of halogens is 3. The standard InChI is InChI=1S/C17H17Cl3N2O3/c1-10(15(23)22-17(9-21)7-3-2-4-8-17)25-16(24)13-11(18)5-6-12(19)14(13)20/h5-6,10H,2-4,7-8H2,1H3,(H,22,23). The molecule has 1 fully saturated rings. The number of nitrogens with zero attached hydrogens (tertiary/aromatic N) is 1. The van der Waals surface area contributed by atoms with Crippen LogP contribution in [0.5, 0.6) is 0 Å². The summed E-state index contributed by atoms with van der Waals surface area (Å²) in [5.74, 6) is -1.39. The predicted molar refractivity (Wildman–Crippen MR) is 95.9 cm³/mol. The number of esters is 1. The lowest BCUT2D eigenvalue weighted by atomic mass is 9.83. The van der Waals surface area contributed by atoms with Gasteiger partial charge in [0.05, 0.1) is 26.7 Å². The highest BCUT2D eigenvalue weighted by atomic mass is 35.5. The zero-order valence-corrected chi connectivity index (χ0v) is 15.8. The Labute approximate surface area is 161 Å². The van der Waals surface area contributed by atoms with Crippen molar-refractivity contribution < 1.29 is 14.3 Å². The smallest absolute Gasteiger partial charge is 0.342 e. The summed E-state index contributed by atoms with van der Waals surface area (Å²) in [5.41, 5.74) is -0.996. The number of hydrogen-bond donors (Lipinski definition) is 1. The zero-order valence-electron chi connectivity index (χ0n) is 13.6. The first-order valence-corrected chi connectivity index (χ1v) is 9.01. The minimum Gasteiger partial charge on any atom is -0.449 e. The molecule has 1 saturated carbocycles. The van der Waals surface area contributed by atoms with E-state index in [4.69, 9.17) is 39.5 Å². The molecular weight excluding hydrogens is 387 g/mol. The normalized spacial score (nSPS) is 17.2. The Kier molecular flexibility index (Phi) is 6.56. The van der Waals surface area contributed by atoms with Gasteiger partial charge in [0, 0.05) is 0 Å². The summed E-state index contributed by atoms with van der Waals surface area (Å²) in [4.78, 5) is 24.6. The number of rotatable bonds is 4. The van der Waals surface area contributed by atoms with E-state index in [1.165, 1.54) is 19.1 Å². The molecule has 0 saturated heterocycles. The van der Waals surface area contributed by atoms with E-state index in [0.717, 1.165) is 19.3 Å². The third-order valence-corrected chi connectivity index (χ3v) is 5.30. The molecule has 1 aromatic carbocycles. The van der Waals surface area contributed by atoms with Gasteiger partial charge in [-0.3, -0.25) is 4.79 Å². The molecule has 1 aliphatic carbocycles. The van der Waals surface area contributed by atoms with E-state index < -0.39 is 23.5 Å². The maximum absolute atomic E-state index is 12.3. The molecule has 0 aromatic heterocycles. The summed E-state index contributed by atoms with van der Waals surface area (Å²) in [5, 5.41) is 12.3. The van der Waals surface area contributed by atoms with Crippen LogP contribution in [-0.4, -0.2) is 23.5 Å². The SMILES string of the molecule is CC(OC(=O)c1c(Cl)ccc(Cl)c1Cl)C(=O)NC1(C#N)CCCCC1. The molecule has 1 unspecified atom stereocenters. The second-order valence-electron chi connectivity index (χ2n) is 6.01. The van der Waals surface area contributed by atoms with Crippen molar-refractivity contribution in [2.24, 2.45) is 0 Å². The van der Waals surface area contributed by atoms with Crippen molar-refractivity contribution in [3.8, 4) is 6.07 Å². The fourth-order valence-corrected chi connectivity index (χ4v) is 3.43. The summed E-state index contributed by atoms with van der Waals surface area (Å²) < 4.78 is 5.16. The number of hydrogen-bond acceptors (Lipinski definition) is 4. The average Bonchev–Trinajstić information content (AvgIpc) is 2.59. The van der Waals surface area contributed by atoms with Crippen LogP contribution >= 0.6 is 34.8 Å². The van der Waals surface area contributed by atoms with Crippen molar-refractivity contribution >= 4 is 46.7 Å². The van der Waals surface area contributed by atoms with Gasteiger partial charge in [0.2, 0.25) is 0 Å². The number of amides is 1. The topological polar surface area (TPSA) is 79.2 Å². The molecule has 5 nitrogen and oxygen atoms in total. The molecule has 1 N–H and O–H groups in total. The Bertz CT molecular complexity index is 725. The first-order valence-electron chi connectivity index (χ1n) is 7.87. The molecule has 1 aliphatic rings. The van der Waals surface area contributed by atoms with Gasteiger partial charge in [0.1, 0.15) is 5.54 Å². The summed E-state index contributed by atoms with van der Waals surface area (Å²) in [6.07, 6.45) is 2.84. The molecule has 134 valence electrons. The van der Waals surface area contributed by atoms with Crippen LogP contribution < -0.4 is 5.32 Å². The molecule has 0 heterocycles. The van der Waals surface area contributed by atoms with Gasteiger partial charge in [-0.1, -0.05) is 54.1 Å². The molecule has 0 aliphatic heterocycles. The summed E-state index contributed by atoms with van der Waals surface area (Å²) in [6.45, 7) is 1.42. The largest absolute Gasteiger partial charge is 0.449 e. The van der Waals surface area contributed by atoms with Gasteiger partial charge >= 0.3 is 5.97 Å². The first kappa shape index (κ1) is 19.8. The molecule has 0 spiro atoms. The monoisotopic (exact) mass is 402 g/mol. The second kappa shape index (κ2) is 8.27. The van der Waals surface area contributed by atoms with Crippen molar-refractivity contribution in [1.82, 2.24) is 5.32 Å². The maximum atomic E-state index is 12.3. The van der Waals surface area contributed by atoms with Gasteiger partial charge in [0.15, 0.2) is 6.10 Å². The van der Waals surface area contributed by atoms with Crippen molar-refractivity contribution in [2.45, 2.75) is 50.7 Å². The van der Waals surface area contributed by atoms with Crippen molar-refractivity contribution in [3.05, 3.63) is 32.8 Å². The lowest BCUT2D eigenvalue weighted by molar-refractivity contribution is -0.130. The van der Waals surface area contributed by atoms with Crippen LogP contribution in [0.15, 0.2) is 12.1 Å². The van der Waals surface area contributed by atoms with Crippen LogP contribution in [0.2, 0.25) is 15.1 Å². The Morgan fingerprint density at radius 3 is 2.40 bits per heavy atom. The molecule has 1 aromatic rings. The van der Waals surface area contributed by atoms with Gasteiger partial charge in [0.25, 0.3) is 5.91 Å². The Morgan fingerprint density at radius 2 is 1.80 bits per heavy atom. The van der Waals surface area contributed by atoms with Gasteiger partial charge in [-0.15, -0.1) is 0 Å². The van der Waals surface area contributed by atoms with Crippen LogP contribution in [-0.2, 0) is 9.53 Å². The van der Waals surface area contributed by atoms with Crippen LogP contribution in [0.3, 0.4) is 0 Å². The summed E-state index contributed by atoms with van der Waals surface area (Å²) >= 11 is 17.8. The average molecular weight is 404 g/mol. The third-order valence-electron chi connectivity index (χ3n) is 4.18. The van der Waals surface area contributed by atoms with E-state index in [-0.39, 0.29) is 20.6 Å². The van der Waals surface area contributed by atoms with E-state index in [1.54, 1.807) is 0 Å². The minimum atomic E-state index is -1.11. The van der Waals surface area contributed by atoms with Crippen LogP contribution in [0.25, 0.3) is 0 Å². The highest BCUT2D eigenvalue weighted by Gasteiger charge is 2.35. The van der Waals surface area contributed by atoms with Crippen molar-refractivity contribution in [3.63, 3.8) is 0 Å². The second-order valence-corrected chi connectivity index (χ2v) is 7.20. The number of nitriles is 1. The maximum Gasteiger partial charge on any atom is 0.342 e. The number of carbonyl (C=O) groups is 2. The zero-order chi connectivity index (χ0) is 18.6. The highest BCUT2D eigenvalue weighted by molar-refractivity contribution is 6.46. The predicted octanol–water partition coefficient (Wildman–Crippen LogP) is 4.53. The van der Waals surface area contributed by atoms with Gasteiger partial charge in [-0.05, 0) is 31.9 Å². The van der Waals surface area contributed by atoms with E-state index in [2.05, 4.69) is 11.4 Å². The molecular formula is C17H17Cl3N2O3. The van der Waals surface area contributed by atoms with Crippen LogP contribution in [0.1, 0.15) is 49.4 Å². The third kappa shape index (κ3) is 4.58. The highest BCUT2D eigenvalue weighted by Crippen LogP contribution is 2.32. The van der Waals surface area contributed by atoms with Crippen LogP contribution in [0, 0.1) is 11.3 Å². The number of nitrogens with one attached hydrogen (secondary N) is 1. The quantitative estimate of drug-likeness (QED) is 0.591. The molecule has 2 rings (SSSR count). The summed E-state index contributed by atoms with van der Waals surface area (Å²) in [6, 6.07) is 5.06. The number of ether oxygens (including phenoxy) is 1. The first-order chi connectivity index (χ1) is 11.8. The fraction of sp³-hybridized carbons (Fsp3) is 0.471. The van der Waals surface area contributed by atoms with E-state index in [1.807, 2.05) is 0 Å². The van der Waals surface area contributed by atoms with Crippen molar-refractivity contribution in [2.75, 3.05) is 0 Å². The Morgan fingerprint density at radius 1 is 1.20 bits per heavy atom. The molecule has 1 amide bonds. The minimum absolute atomic E-state index is 0.0347. The van der Waals surface area contributed by atoms with E-state index >= 15 is 0 Å². The molecule has 0 radical (unpaired) electrons. The fourth-order valence-electron chi connectivity index (χ4n) is 2.74. The van der Waals surface area contributed by atoms with Gasteiger partial charge < -0.3 is 10.1 Å². The van der Waals surface area contributed by atoms with Gasteiger partial charge in [-0.2, -0.15) is 5.26 Å². The summed E-state index contributed by atoms with van der Waals surface area (Å²) in [7, 11) is 0. The van der Waals surface area contributed by atoms with Gasteiger partial charge in [-0.25, -0.2) is 4.79 Å². The number of benzene rings is 1. The molecule has 25 heavy (non-hydrogen) atoms. The number of carbonyl (C=O) groups excluding carboxylic acids is 2. The van der Waals surface area contributed by atoms with Crippen LogP contribution in [0.4, 0.5) is 0 Å². The lowest BCUT2D eigenvalue weighted by Crippen LogP contribution is -2.52. The Balaban J connectivity index is 2.07. The van der Waals surface area contributed by atoms with Crippen molar-refractivity contribution in [1.29, 1.82) is 5.26 Å². The molecule has 8 heteroatoms. The molecule has 0 bridgehead atoms. The van der Waals surface area contributed by atoms with E-state index in [0.29, 0.717) is 12.8 Å². The lowest BCUT2D eigenvalue weighted by Gasteiger charge is -2.32. The molecule has 1 atom stereocenters. The Hall–Kier alpha value is -1.48.